The van der Waals surface area contributed by atoms with Crippen molar-refractivity contribution in [3.63, 3.8) is 0 Å². The third-order valence-electron chi connectivity index (χ3n) is 7.00. The number of nitrogens with zero attached hydrogens (tertiary/aromatic N) is 1. The van der Waals surface area contributed by atoms with E-state index in [0.717, 1.165) is 56.5 Å². The number of sulfonamides is 1. The fourth-order valence-electron chi connectivity index (χ4n) is 5.21. The minimum absolute atomic E-state index is 0.126. The molecule has 4 rings (SSSR count). The Kier molecular flexibility index (Phi) is 8.49. The van der Waals surface area contributed by atoms with E-state index >= 15 is 0 Å². The quantitative estimate of drug-likeness (QED) is 0.438. The highest BCUT2D eigenvalue weighted by Crippen LogP contribution is 2.37. The smallest absolute Gasteiger partial charge is 0.422 e. The van der Waals surface area contributed by atoms with Gasteiger partial charge in [-0.15, -0.1) is 0 Å². The maximum atomic E-state index is 14.1. The normalized spacial score (nSPS) is 22.5. The van der Waals surface area contributed by atoms with Crippen LogP contribution in [-0.4, -0.2) is 51.3 Å². The van der Waals surface area contributed by atoms with E-state index in [1.165, 1.54) is 6.07 Å². The lowest BCUT2D eigenvalue weighted by atomic mass is 9.85. The number of ether oxygens (including phenoxy) is 1. The van der Waals surface area contributed by atoms with Gasteiger partial charge in [-0.1, -0.05) is 29.8 Å². The van der Waals surface area contributed by atoms with E-state index in [-0.39, 0.29) is 22.7 Å². The Morgan fingerprint density at radius 2 is 1.67 bits per heavy atom. The number of alkyl halides is 3. The number of piperidine rings is 1. The molecule has 1 heterocycles. The number of nitrogens with one attached hydrogen (secondary N) is 1. The molecule has 2 aromatic rings. The molecule has 0 atom stereocenters. The molecule has 1 aliphatic heterocycles. The van der Waals surface area contributed by atoms with Crippen LogP contribution in [0.4, 0.5) is 17.6 Å². The highest BCUT2D eigenvalue weighted by atomic mass is 35.5. The first kappa shape index (κ1) is 27.2. The van der Waals surface area contributed by atoms with Crippen molar-refractivity contribution >= 4 is 21.6 Å². The molecule has 1 N–H and O–H groups in total. The third kappa shape index (κ3) is 6.90. The lowest BCUT2D eigenvalue weighted by molar-refractivity contribution is -0.153. The zero-order valence-electron chi connectivity index (χ0n) is 19.6. The predicted molar refractivity (Wildman–Crippen MR) is 129 cm³/mol. The summed E-state index contributed by atoms with van der Waals surface area (Å²) in [4.78, 5) is 1.94. The topological polar surface area (TPSA) is 58.6 Å². The maximum Gasteiger partial charge on any atom is 0.422 e. The molecule has 2 aliphatic rings. The Hall–Kier alpha value is -1.88. The first-order valence-electron chi connectivity index (χ1n) is 12.0. The molecule has 0 unspecified atom stereocenters. The van der Waals surface area contributed by atoms with Gasteiger partial charge in [-0.2, -0.15) is 13.2 Å². The lowest BCUT2D eigenvalue weighted by Gasteiger charge is -2.41. The number of hydrogen-bond acceptors (Lipinski definition) is 4. The van der Waals surface area contributed by atoms with Gasteiger partial charge in [-0.3, -0.25) is 0 Å². The van der Waals surface area contributed by atoms with E-state index in [9.17, 15) is 26.0 Å². The van der Waals surface area contributed by atoms with Crippen molar-refractivity contribution in [2.75, 3.05) is 19.7 Å². The summed E-state index contributed by atoms with van der Waals surface area (Å²) in [5, 5.41) is 0.151. The van der Waals surface area contributed by atoms with Crippen molar-refractivity contribution in [3.8, 4) is 5.75 Å². The summed E-state index contributed by atoms with van der Waals surface area (Å²) >= 11 is 5.85. The third-order valence-corrected chi connectivity index (χ3v) is 8.77. The first-order valence-corrected chi connectivity index (χ1v) is 13.9. The maximum absolute atomic E-state index is 14.1. The van der Waals surface area contributed by atoms with Crippen LogP contribution in [0.15, 0.2) is 47.4 Å². The first-order chi connectivity index (χ1) is 17.0. The Labute approximate surface area is 213 Å². The van der Waals surface area contributed by atoms with Gasteiger partial charge in [-0.05, 0) is 87.4 Å². The molecule has 0 amide bonds. The fraction of sp³-hybridized carbons (Fsp3) is 0.520. The molecule has 1 aliphatic carbocycles. The van der Waals surface area contributed by atoms with Crippen LogP contribution in [0.5, 0.6) is 5.75 Å². The summed E-state index contributed by atoms with van der Waals surface area (Å²) < 4.78 is 84.9. The second-order valence-corrected chi connectivity index (χ2v) is 11.6. The molecule has 198 valence electrons. The fourth-order valence-corrected chi connectivity index (χ4v) is 6.85. The minimum Gasteiger partial charge on any atom is -0.484 e. The van der Waals surface area contributed by atoms with Crippen LogP contribution in [0.1, 0.15) is 50.0 Å². The summed E-state index contributed by atoms with van der Waals surface area (Å²) in [5.74, 6) is -0.424. The summed E-state index contributed by atoms with van der Waals surface area (Å²) in [7, 11) is -4.02. The van der Waals surface area contributed by atoms with E-state index in [1.807, 2.05) is 12.1 Å². The summed E-state index contributed by atoms with van der Waals surface area (Å²) in [6, 6.07) is 10.4. The SMILES string of the molecule is O=S(=O)(NC1CCC(N2CCC(c3ccccc3OCC(F)(F)F)CC2)CC1)c1cc(Cl)ccc1F. The van der Waals surface area contributed by atoms with Crippen LogP contribution in [0.2, 0.25) is 5.02 Å². The van der Waals surface area contributed by atoms with Crippen molar-refractivity contribution in [1.29, 1.82) is 0 Å². The average Bonchev–Trinajstić information content (AvgIpc) is 2.84. The number of benzene rings is 2. The van der Waals surface area contributed by atoms with Crippen LogP contribution in [-0.2, 0) is 10.0 Å². The summed E-state index contributed by atoms with van der Waals surface area (Å²) in [6.07, 6.45) is 0.133. The lowest BCUT2D eigenvalue weighted by Crippen LogP contribution is -2.46. The molecular formula is C25H29ClF4N2O3S. The van der Waals surface area contributed by atoms with Gasteiger partial charge in [0.15, 0.2) is 6.61 Å². The van der Waals surface area contributed by atoms with Gasteiger partial charge in [0.2, 0.25) is 10.0 Å². The number of halogens is 5. The second kappa shape index (κ2) is 11.2. The van der Waals surface area contributed by atoms with E-state index < -0.39 is 33.5 Å². The predicted octanol–water partition coefficient (Wildman–Crippen LogP) is 5.89. The Bertz CT molecular complexity index is 1150. The summed E-state index contributed by atoms with van der Waals surface area (Å²) in [6.45, 7) is 0.319. The monoisotopic (exact) mass is 548 g/mol. The Morgan fingerprint density at radius 1 is 1.00 bits per heavy atom. The van der Waals surface area contributed by atoms with Crippen molar-refractivity contribution < 1.29 is 30.7 Å². The Morgan fingerprint density at radius 3 is 2.33 bits per heavy atom. The average molecular weight is 549 g/mol. The van der Waals surface area contributed by atoms with Gasteiger partial charge in [0, 0.05) is 17.1 Å². The molecule has 11 heteroatoms. The molecule has 0 spiro atoms. The largest absolute Gasteiger partial charge is 0.484 e. The van der Waals surface area contributed by atoms with E-state index in [0.29, 0.717) is 18.9 Å². The number of hydrogen-bond donors (Lipinski definition) is 1. The Balaban J connectivity index is 1.28. The van der Waals surface area contributed by atoms with E-state index in [2.05, 4.69) is 9.62 Å². The minimum atomic E-state index is -4.38. The highest BCUT2D eigenvalue weighted by molar-refractivity contribution is 7.89. The van der Waals surface area contributed by atoms with Crippen molar-refractivity contribution in [3.05, 3.63) is 58.9 Å². The molecular weight excluding hydrogens is 520 g/mol. The van der Waals surface area contributed by atoms with Crippen LogP contribution < -0.4 is 9.46 Å². The molecule has 2 fully saturated rings. The van der Waals surface area contributed by atoms with Gasteiger partial charge in [-0.25, -0.2) is 17.5 Å². The van der Waals surface area contributed by atoms with E-state index in [1.54, 1.807) is 12.1 Å². The number of rotatable bonds is 7. The zero-order chi connectivity index (χ0) is 25.9. The van der Waals surface area contributed by atoms with Crippen LogP contribution >= 0.6 is 11.6 Å². The van der Waals surface area contributed by atoms with Gasteiger partial charge in [0.05, 0.1) is 0 Å². The molecule has 5 nitrogen and oxygen atoms in total. The number of para-hydroxylation sites is 1. The van der Waals surface area contributed by atoms with Crippen molar-refractivity contribution in [1.82, 2.24) is 9.62 Å². The highest BCUT2D eigenvalue weighted by Gasteiger charge is 2.33. The van der Waals surface area contributed by atoms with Gasteiger partial charge < -0.3 is 9.64 Å². The van der Waals surface area contributed by atoms with Crippen LogP contribution in [0, 0.1) is 5.82 Å². The zero-order valence-corrected chi connectivity index (χ0v) is 21.2. The standard InChI is InChI=1S/C25H29ClF4N2O3S/c26-18-5-10-22(27)24(15-18)36(33,34)31-19-6-8-20(9-7-19)32-13-11-17(12-14-32)21-3-1-2-4-23(21)35-16-25(28,29)30/h1-5,10,15,17,19-20,31H,6-9,11-14,16H2. The van der Waals surface area contributed by atoms with Crippen molar-refractivity contribution in [2.45, 2.75) is 67.6 Å². The molecule has 0 bridgehead atoms. The molecule has 1 saturated heterocycles. The van der Waals surface area contributed by atoms with Gasteiger partial charge in [0.1, 0.15) is 16.5 Å². The molecule has 1 saturated carbocycles. The van der Waals surface area contributed by atoms with Gasteiger partial charge >= 0.3 is 6.18 Å². The van der Waals surface area contributed by atoms with Crippen molar-refractivity contribution in [2.24, 2.45) is 0 Å². The molecule has 0 radical (unpaired) electrons. The summed E-state index contributed by atoms with van der Waals surface area (Å²) in [5.41, 5.74) is 0.813. The van der Waals surface area contributed by atoms with Crippen LogP contribution in [0.3, 0.4) is 0 Å². The van der Waals surface area contributed by atoms with Crippen LogP contribution in [0.25, 0.3) is 0 Å². The molecule has 0 aromatic heterocycles. The second-order valence-electron chi connectivity index (χ2n) is 9.45. The van der Waals surface area contributed by atoms with Gasteiger partial charge in [0.25, 0.3) is 0 Å². The van der Waals surface area contributed by atoms with E-state index in [4.69, 9.17) is 16.3 Å². The molecule has 36 heavy (non-hydrogen) atoms. The molecule has 2 aromatic carbocycles. The number of likely N-dealkylation sites (tertiary alicyclic amines) is 1.